The van der Waals surface area contributed by atoms with Crippen molar-refractivity contribution in [1.29, 1.82) is 0 Å². The van der Waals surface area contributed by atoms with Crippen LogP contribution >= 0.6 is 35.6 Å². The lowest BCUT2D eigenvalue weighted by atomic mass is 10.2. The average Bonchev–Trinajstić information content (AvgIpc) is 2.26. The normalized spacial score (nSPS) is 10.1. The Morgan fingerprint density at radius 3 is 2.53 bits per heavy atom. The fourth-order valence-electron chi connectivity index (χ4n) is 1.43. The molecule has 1 aromatic rings. The molecule has 0 heterocycles. The van der Waals surface area contributed by atoms with Crippen LogP contribution in [0.4, 0.5) is 0 Å². The van der Waals surface area contributed by atoms with Gasteiger partial charge in [-0.25, -0.2) is 0 Å². The van der Waals surface area contributed by atoms with Crippen LogP contribution in [-0.4, -0.2) is 18.3 Å². The summed E-state index contributed by atoms with van der Waals surface area (Å²) in [6.45, 7) is 1.98. The molecule has 0 aromatic heterocycles. The molecule has 2 nitrogen and oxygen atoms in total. The molecule has 0 fully saturated rings. The molecule has 0 amide bonds. The maximum absolute atomic E-state index is 8.61. The van der Waals surface area contributed by atoms with Gasteiger partial charge in [0.25, 0.3) is 0 Å². The third kappa shape index (κ3) is 7.12. The third-order valence-electron chi connectivity index (χ3n) is 2.34. The van der Waals surface area contributed by atoms with Crippen molar-refractivity contribution in [3.8, 4) is 0 Å². The molecule has 98 valence electrons. The van der Waals surface area contributed by atoms with Crippen LogP contribution in [0.25, 0.3) is 0 Å². The molecule has 0 atom stereocenters. The summed E-state index contributed by atoms with van der Waals surface area (Å²) in [6, 6.07) is 5.54. The maximum Gasteiger partial charge on any atom is 0.0465 e. The van der Waals surface area contributed by atoms with Crippen molar-refractivity contribution in [2.45, 2.75) is 25.8 Å². The van der Waals surface area contributed by atoms with Crippen molar-refractivity contribution in [3.63, 3.8) is 0 Å². The van der Waals surface area contributed by atoms with Crippen LogP contribution in [0, 0.1) is 0 Å². The lowest BCUT2D eigenvalue weighted by molar-refractivity contribution is 0.283. The third-order valence-corrected chi connectivity index (χ3v) is 2.93. The average molecular weight is 299 g/mol. The van der Waals surface area contributed by atoms with Crippen LogP contribution in [0.15, 0.2) is 18.2 Å². The highest BCUT2D eigenvalue weighted by atomic mass is 35.5. The summed E-state index contributed by atoms with van der Waals surface area (Å²) >= 11 is 11.8. The van der Waals surface area contributed by atoms with Gasteiger partial charge in [0.15, 0.2) is 0 Å². The van der Waals surface area contributed by atoms with Crippen molar-refractivity contribution in [2.75, 3.05) is 13.2 Å². The molecule has 0 bridgehead atoms. The predicted octanol–water partition coefficient (Wildman–Crippen LogP) is 3.67. The molecular weight excluding hydrogens is 280 g/mol. The second-order valence-electron chi connectivity index (χ2n) is 3.70. The molecule has 0 aliphatic rings. The summed E-state index contributed by atoms with van der Waals surface area (Å²) in [7, 11) is 0. The summed E-state index contributed by atoms with van der Waals surface area (Å²) in [5, 5.41) is 13.3. The van der Waals surface area contributed by atoms with Gasteiger partial charge in [0.2, 0.25) is 0 Å². The lowest BCUT2D eigenvalue weighted by Gasteiger charge is -2.06. The number of nitrogens with one attached hydrogen (secondary N) is 1. The number of aliphatic hydroxyl groups excluding tert-OH is 1. The molecule has 17 heavy (non-hydrogen) atoms. The molecule has 1 aromatic carbocycles. The number of unbranched alkanes of at least 4 members (excludes halogenated alkanes) is 2. The molecule has 0 saturated heterocycles. The number of rotatable bonds is 7. The molecule has 0 spiro atoms. The topological polar surface area (TPSA) is 32.3 Å². The highest BCUT2D eigenvalue weighted by molar-refractivity contribution is 6.35. The first-order valence-electron chi connectivity index (χ1n) is 5.49. The molecule has 0 unspecified atom stereocenters. The molecule has 0 aliphatic heterocycles. The van der Waals surface area contributed by atoms with Crippen molar-refractivity contribution < 1.29 is 5.11 Å². The summed E-state index contributed by atoms with van der Waals surface area (Å²) in [4.78, 5) is 0. The minimum absolute atomic E-state index is 0. The van der Waals surface area contributed by atoms with Crippen LogP contribution < -0.4 is 5.32 Å². The second-order valence-corrected chi connectivity index (χ2v) is 4.54. The van der Waals surface area contributed by atoms with E-state index in [2.05, 4.69) is 5.32 Å². The summed E-state index contributed by atoms with van der Waals surface area (Å²) in [5.74, 6) is 0. The van der Waals surface area contributed by atoms with Crippen molar-refractivity contribution >= 4 is 35.6 Å². The predicted molar refractivity (Wildman–Crippen MR) is 76.4 cm³/mol. The Bertz CT molecular complexity index is 321. The van der Waals surface area contributed by atoms with Crippen LogP contribution in [0.2, 0.25) is 10.0 Å². The van der Waals surface area contributed by atoms with E-state index in [1.54, 1.807) is 6.07 Å². The Hall–Kier alpha value is 0.01000. The minimum atomic E-state index is 0. The number of hydrogen-bond donors (Lipinski definition) is 2. The van der Waals surface area contributed by atoms with Crippen LogP contribution in [-0.2, 0) is 6.54 Å². The van der Waals surface area contributed by atoms with E-state index in [9.17, 15) is 0 Å². The van der Waals surface area contributed by atoms with E-state index in [4.69, 9.17) is 28.3 Å². The molecule has 0 radical (unpaired) electrons. The van der Waals surface area contributed by atoms with Crippen molar-refractivity contribution in [2.24, 2.45) is 0 Å². The first kappa shape index (κ1) is 17.0. The smallest absolute Gasteiger partial charge is 0.0465 e. The quantitative estimate of drug-likeness (QED) is 0.753. The van der Waals surface area contributed by atoms with E-state index in [0.29, 0.717) is 10.0 Å². The second kappa shape index (κ2) is 9.98. The van der Waals surface area contributed by atoms with E-state index < -0.39 is 0 Å². The number of hydrogen-bond acceptors (Lipinski definition) is 2. The highest BCUT2D eigenvalue weighted by Gasteiger charge is 2.00. The van der Waals surface area contributed by atoms with Crippen LogP contribution in [0.3, 0.4) is 0 Å². The van der Waals surface area contributed by atoms with Crippen molar-refractivity contribution in [3.05, 3.63) is 33.8 Å². The van der Waals surface area contributed by atoms with E-state index in [1.807, 2.05) is 12.1 Å². The van der Waals surface area contributed by atoms with E-state index in [0.717, 1.165) is 37.9 Å². The molecule has 1 rings (SSSR count). The van der Waals surface area contributed by atoms with Gasteiger partial charge in [-0.05, 0) is 43.5 Å². The number of benzene rings is 1. The fourth-order valence-corrected chi connectivity index (χ4v) is 1.90. The standard InChI is InChI=1S/C12H17Cl2NO.ClH/c13-11-5-4-10(12(14)8-11)9-15-6-2-1-3-7-16;/h4-5,8,15-16H,1-3,6-7,9H2;1H. The summed E-state index contributed by atoms with van der Waals surface area (Å²) in [5.41, 5.74) is 1.06. The number of aliphatic hydroxyl groups is 1. The molecule has 5 heteroatoms. The van der Waals surface area contributed by atoms with Crippen molar-refractivity contribution in [1.82, 2.24) is 5.32 Å². The fraction of sp³-hybridized carbons (Fsp3) is 0.500. The van der Waals surface area contributed by atoms with Gasteiger partial charge in [-0.2, -0.15) is 0 Å². The van der Waals surface area contributed by atoms with E-state index in [1.165, 1.54) is 0 Å². The first-order chi connectivity index (χ1) is 7.74. The van der Waals surface area contributed by atoms with Gasteiger partial charge in [-0.3, -0.25) is 0 Å². The molecular formula is C12H18Cl3NO. The van der Waals surface area contributed by atoms with Gasteiger partial charge >= 0.3 is 0 Å². The summed E-state index contributed by atoms with van der Waals surface area (Å²) in [6.07, 6.45) is 3.01. The van der Waals surface area contributed by atoms with Gasteiger partial charge in [0.1, 0.15) is 0 Å². The first-order valence-corrected chi connectivity index (χ1v) is 6.25. The Kier molecular flexibility index (Phi) is 9.99. The Morgan fingerprint density at radius 1 is 1.12 bits per heavy atom. The highest BCUT2D eigenvalue weighted by Crippen LogP contribution is 2.20. The van der Waals surface area contributed by atoms with Gasteiger partial charge in [-0.1, -0.05) is 29.3 Å². The Balaban J connectivity index is 0.00000256. The van der Waals surface area contributed by atoms with Gasteiger partial charge < -0.3 is 10.4 Å². The molecule has 2 N–H and O–H groups in total. The zero-order chi connectivity index (χ0) is 11.8. The van der Waals surface area contributed by atoms with Crippen LogP contribution in [0.5, 0.6) is 0 Å². The number of halogens is 3. The Labute approximate surface area is 119 Å². The SMILES string of the molecule is Cl.OCCCCCNCc1ccc(Cl)cc1Cl. The largest absolute Gasteiger partial charge is 0.396 e. The zero-order valence-electron chi connectivity index (χ0n) is 9.59. The van der Waals surface area contributed by atoms with Gasteiger partial charge in [0, 0.05) is 23.2 Å². The van der Waals surface area contributed by atoms with Gasteiger partial charge in [0.05, 0.1) is 0 Å². The monoisotopic (exact) mass is 297 g/mol. The van der Waals surface area contributed by atoms with Gasteiger partial charge in [-0.15, -0.1) is 12.4 Å². The van der Waals surface area contributed by atoms with E-state index >= 15 is 0 Å². The maximum atomic E-state index is 8.61. The molecule has 0 aliphatic carbocycles. The Morgan fingerprint density at radius 2 is 1.88 bits per heavy atom. The minimum Gasteiger partial charge on any atom is -0.396 e. The molecule has 0 saturated carbocycles. The van der Waals surface area contributed by atoms with Crippen LogP contribution in [0.1, 0.15) is 24.8 Å². The summed E-state index contributed by atoms with van der Waals surface area (Å²) < 4.78 is 0. The lowest BCUT2D eigenvalue weighted by Crippen LogP contribution is -2.15. The van der Waals surface area contributed by atoms with E-state index in [-0.39, 0.29) is 19.0 Å². The zero-order valence-corrected chi connectivity index (χ0v) is 11.9.